The molecule has 0 aromatic heterocycles. The van der Waals surface area contributed by atoms with Gasteiger partial charge in [-0.1, -0.05) is 97.4 Å². The Hall–Kier alpha value is -2.37. The Labute approximate surface area is 236 Å². The zero-order chi connectivity index (χ0) is 28.8. The fourth-order valence-electron chi connectivity index (χ4n) is 5.85. The van der Waals surface area contributed by atoms with Crippen molar-refractivity contribution in [3.05, 3.63) is 66.0 Å². The molecule has 3 rings (SSSR count). The zero-order valence-corrected chi connectivity index (χ0v) is 25.1. The molecule has 0 amide bonds. The van der Waals surface area contributed by atoms with E-state index in [2.05, 4.69) is 48.5 Å². The maximum Gasteiger partial charge on any atom is 0.339 e. The third kappa shape index (κ3) is 7.85. The van der Waals surface area contributed by atoms with E-state index in [0.717, 1.165) is 31.2 Å². The van der Waals surface area contributed by atoms with E-state index in [1.54, 1.807) is 0 Å². The minimum absolute atomic E-state index is 0.00782. The van der Waals surface area contributed by atoms with Crippen LogP contribution in [0.1, 0.15) is 92.6 Å². The van der Waals surface area contributed by atoms with Crippen molar-refractivity contribution >= 4 is 11.5 Å². The lowest BCUT2D eigenvalue weighted by atomic mass is 9.53. The highest BCUT2D eigenvalue weighted by Crippen LogP contribution is 2.54. The number of hydrogen-bond acceptors (Lipinski definition) is 5. The summed E-state index contributed by atoms with van der Waals surface area (Å²) >= 11 is 0. The van der Waals surface area contributed by atoms with Gasteiger partial charge in [-0.2, -0.15) is 0 Å². The molecule has 4 unspecified atom stereocenters. The van der Waals surface area contributed by atoms with Gasteiger partial charge in [-0.15, -0.1) is 0 Å². The van der Waals surface area contributed by atoms with Crippen LogP contribution in [0.25, 0.3) is 5.57 Å². The van der Waals surface area contributed by atoms with Crippen LogP contribution in [0, 0.1) is 22.2 Å². The largest absolute Gasteiger partial charge is 0.494 e. The SMILES string of the molecule is CC(C)(C)C(C)(CCCC(O)C(O)CCCCOC1=CC2OC(=O)C(c3ccccc3)=CC2C=C1)C(C)(C)C. The summed E-state index contributed by atoms with van der Waals surface area (Å²) in [5.41, 5.74) is 1.89. The summed E-state index contributed by atoms with van der Waals surface area (Å²) in [6.07, 6.45) is 10.6. The molecule has 1 aliphatic heterocycles. The fraction of sp³-hybridized carbons (Fsp3) is 0.618. The summed E-state index contributed by atoms with van der Waals surface area (Å²) in [6, 6.07) is 9.57. The van der Waals surface area contributed by atoms with E-state index in [0.29, 0.717) is 30.8 Å². The van der Waals surface area contributed by atoms with Crippen LogP contribution >= 0.6 is 0 Å². The molecule has 4 atom stereocenters. The van der Waals surface area contributed by atoms with Gasteiger partial charge >= 0.3 is 5.97 Å². The number of esters is 1. The van der Waals surface area contributed by atoms with Gasteiger partial charge in [-0.3, -0.25) is 0 Å². The number of benzene rings is 1. The number of unbranched alkanes of at least 4 members (excludes halogenated alkanes) is 1. The molecule has 0 saturated carbocycles. The summed E-state index contributed by atoms with van der Waals surface area (Å²) in [6.45, 7) is 16.6. The van der Waals surface area contributed by atoms with E-state index in [9.17, 15) is 15.0 Å². The highest BCUT2D eigenvalue weighted by molar-refractivity contribution is 6.17. The third-order valence-corrected chi connectivity index (χ3v) is 9.19. The van der Waals surface area contributed by atoms with Crippen molar-refractivity contribution in [1.29, 1.82) is 0 Å². The maximum atomic E-state index is 12.5. The molecular formula is C34H50O5. The van der Waals surface area contributed by atoms with Gasteiger partial charge in [0.1, 0.15) is 11.9 Å². The van der Waals surface area contributed by atoms with Crippen LogP contribution < -0.4 is 0 Å². The number of carbonyl (C=O) groups excluding carboxylic acids is 1. The Kier molecular flexibility index (Phi) is 10.3. The normalized spacial score (nSPS) is 21.4. The van der Waals surface area contributed by atoms with Crippen LogP contribution in [0.3, 0.4) is 0 Å². The van der Waals surface area contributed by atoms with Crippen LogP contribution in [0.4, 0.5) is 0 Å². The molecule has 1 aromatic rings. The van der Waals surface area contributed by atoms with E-state index in [1.807, 2.05) is 54.6 Å². The predicted molar refractivity (Wildman–Crippen MR) is 158 cm³/mol. The lowest BCUT2D eigenvalue weighted by Crippen LogP contribution is -2.44. The monoisotopic (exact) mass is 538 g/mol. The molecule has 2 N–H and O–H groups in total. The molecule has 2 aliphatic rings. The third-order valence-electron chi connectivity index (χ3n) is 9.19. The fourth-order valence-corrected chi connectivity index (χ4v) is 5.85. The topological polar surface area (TPSA) is 76.0 Å². The first kappa shape index (κ1) is 31.2. The van der Waals surface area contributed by atoms with Gasteiger partial charge in [0.15, 0.2) is 0 Å². The van der Waals surface area contributed by atoms with Crippen LogP contribution in [0.2, 0.25) is 0 Å². The minimum Gasteiger partial charge on any atom is -0.494 e. The highest BCUT2D eigenvalue weighted by atomic mass is 16.5. The average Bonchev–Trinajstić information content (AvgIpc) is 2.86. The number of aliphatic hydroxyl groups is 2. The van der Waals surface area contributed by atoms with E-state index in [-0.39, 0.29) is 34.2 Å². The molecule has 0 bridgehead atoms. The zero-order valence-electron chi connectivity index (χ0n) is 25.1. The van der Waals surface area contributed by atoms with Gasteiger partial charge in [0, 0.05) is 5.92 Å². The Bertz CT molecular complexity index is 1020. The van der Waals surface area contributed by atoms with Crippen LogP contribution in [-0.2, 0) is 14.3 Å². The second-order valence-corrected chi connectivity index (χ2v) is 13.5. The van der Waals surface area contributed by atoms with E-state index >= 15 is 0 Å². The minimum atomic E-state index is -0.720. The Morgan fingerprint density at radius 3 is 2.10 bits per heavy atom. The number of allylic oxidation sites excluding steroid dienone is 1. The molecule has 1 aliphatic carbocycles. The Morgan fingerprint density at radius 1 is 0.872 bits per heavy atom. The van der Waals surface area contributed by atoms with Crippen molar-refractivity contribution in [2.45, 2.75) is 105 Å². The number of rotatable bonds is 12. The molecule has 1 heterocycles. The van der Waals surface area contributed by atoms with Gasteiger partial charge < -0.3 is 19.7 Å². The van der Waals surface area contributed by atoms with Crippen molar-refractivity contribution < 1.29 is 24.5 Å². The number of ether oxygens (including phenoxy) is 2. The molecule has 0 spiro atoms. The summed E-state index contributed by atoms with van der Waals surface area (Å²) in [4.78, 5) is 12.5. The second kappa shape index (κ2) is 12.9. The predicted octanol–water partition coefficient (Wildman–Crippen LogP) is 7.24. The standard InChI is InChI=1S/C34H50O5/c1-32(2,3)34(7,33(4,5)6)20-13-17-29(36)28(35)16-11-12-21-38-26-19-18-25-22-27(24-14-9-8-10-15-24)31(37)39-30(25)23-26/h8-10,14-15,18-19,22-23,25,28-30,35-36H,11-13,16-17,20-21H2,1-7H3. The molecule has 39 heavy (non-hydrogen) atoms. The van der Waals surface area contributed by atoms with Gasteiger partial charge in [0.25, 0.3) is 0 Å². The summed E-state index contributed by atoms with van der Waals surface area (Å²) in [5, 5.41) is 21.1. The van der Waals surface area contributed by atoms with Gasteiger partial charge in [-0.05, 0) is 66.1 Å². The highest BCUT2D eigenvalue weighted by Gasteiger charge is 2.45. The molecule has 0 radical (unpaired) electrons. The molecule has 1 aromatic carbocycles. The quantitative estimate of drug-likeness (QED) is 0.217. The molecule has 216 valence electrons. The molecule has 5 heteroatoms. The Balaban J connectivity index is 1.37. The van der Waals surface area contributed by atoms with E-state index < -0.39 is 12.2 Å². The number of carbonyl (C=O) groups is 1. The van der Waals surface area contributed by atoms with Crippen LogP contribution in [-0.4, -0.2) is 41.1 Å². The summed E-state index contributed by atoms with van der Waals surface area (Å²) < 4.78 is 11.6. The van der Waals surface area contributed by atoms with Gasteiger partial charge in [0.2, 0.25) is 0 Å². The van der Waals surface area contributed by atoms with Gasteiger partial charge in [-0.25, -0.2) is 4.79 Å². The van der Waals surface area contributed by atoms with Crippen molar-refractivity contribution in [2.75, 3.05) is 6.61 Å². The number of hydrogen-bond donors (Lipinski definition) is 2. The van der Waals surface area contributed by atoms with E-state index in [4.69, 9.17) is 9.47 Å². The Morgan fingerprint density at radius 2 is 1.49 bits per heavy atom. The molecule has 0 fully saturated rings. The summed E-state index contributed by atoms with van der Waals surface area (Å²) in [5.74, 6) is 0.371. The maximum absolute atomic E-state index is 12.5. The van der Waals surface area contributed by atoms with E-state index in [1.165, 1.54) is 0 Å². The van der Waals surface area contributed by atoms with Gasteiger partial charge in [0.05, 0.1) is 24.4 Å². The molecular weight excluding hydrogens is 488 g/mol. The van der Waals surface area contributed by atoms with Crippen molar-refractivity contribution in [3.8, 4) is 0 Å². The number of aliphatic hydroxyl groups excluding tert-OH is 2. The summed E-state index contributed by atoms with van der Waals surface area (Å²) in [7, 11) is 0. The smallest absolute Gasteiger partial charge is 0.339 e. The van der Waals surface area contributed by atoms with Crippen molar-refractivity contribution in [2.24, 2.45) is 22.2 Å². The van der Waals surface area contributed by atoms with Crippen LogP contribution in [0.5, 0.6) is 0 Å². The first-order valence-corrected chi connectivity index (χ1v) is 14.6. The second-order valence-electron chi connectivity index (χ2n) is 13.5. The molecule has 0 saturated heterocycles. The molecule has 5 nitrogen and oxygen atoms in total. The van der Waals surface area contributed by atoms with Crippen molar-refractivity contribution in [3.63, 3.8) is 0 Å². The van der Waals surface area contributed by atoms with Crippen LogP contribution in [0.15, 0.2) is 60.4 Å². The first-order chi connectivity index (χ1) is 18.2. The lowest BCUT2D eigenvalue weighted by Gasteiger charge is -2.52. The number of fused-ring (bicyclic) bond motifs is 1. The first-order valence-electron chi connectivity index (χ1n) is 14.6. The average molecular weight is 539 g/mol. The lowest BCUT2D eigenvalue weighted by molar-refractivity contribution is -0.141. The van der Waals surface area contributed by atoms with Crippen molar-refractivity contribution in [1.82, 2.24) is 0 Å².